The van der Waals surface area contributed by atoms with Gasteiger partial charge >= 0.3 is 0 Å². The van der Waals surface area contributed by atoms with Crippen LogP contribution < -0.4 is 10.6 Å². The molecule has 2 unspecified atom stereocenters. The van der Waals surface area contributed by atoms with Crippen molar-refractivity contribution < 1.29 is 4.74 Å². The van der Waals surface area contributed by atoms with Gasteiger partial charge in [0.05, 0.1) is 0 Å². The molecule has 0 heterocycles. The summed E-state index contributed by atoms with van der Waals surface area (Å²) in [5, 5.41) is 7.16. The second-order valence-corrected chi connectivity index (χ2v) is 7.47. The summed E-state index contributed by atoms with van der Waals surface area (Å²) in [4.78, 5) is 4.42. The molecule has 0 radical (unpaired) electrons. The highest BCUT2D eigenvalue weighted by Crippen LogP contribution is 2.44. The highest BCUT2D eigenvalue weighted by atomic mass is 16.5. The molecule has 1 aromatic rings. The molecule has 2 aliphatic carbocycles. The zero-order valence-corrected chi connectivity index (χ0v) is 15.3. The van der Waals surface area contributed by atoms with Crippen LogP contribution in [0, 0.1) is 12.3 Å². The van der Waals surface area contributed by atoms with E-state index in [1.165, 1.54) is 36.8 Å². The third-order valence-electron chi connectivity index (χ3n) is 5.81. The summed E-state index contributed by atoms with van der Waals surface area (Å²) in [5.74, 6) is 1.57. The molecule has 0 spiro atoms. The van der Waals surface area contributed by atoms with Gasteiger partial charge in [-0.2, -0.15) is 0 Å². The summed E-state index contributed by atoms with van der Waals surface area (Å²) >= 11 is 0. The lowest BCUT2D eigenvalue weighted by Gasteiger charge is -2.42. The molecule has 3 rings (SSSR count). The van der Waals surface area contributed by atoms with E-state index < -0.39 is 0 Å². The number of rotatable bonds is 7. The van der Waals surface area contributed by atoms with Crippen LogP contribution in [0.15, 0.2) is 29.3 Å². The van der Waals surface area contributed by atoms with Gasteiger partial charge in [0, 0.05) is 39.3 Å². The Balaban J connectivity index is 1.49. The molecule has 4 nitrogen and oxygen atoms in total. The topological polar surface area (TPSA) is 45.7 Å². The van der Waals surface area contributed by atoms with Gasteiger partial charge in [0.25, 0.3) is 0 Å². The van der Waals surface area contributed by atoms with Crippen molar-refractivity contribution in [1.29, 1.82) is 0 Å². The molecule has 2 atom stereocenters. The van der Waals surface area contributed by atoms with Crippen LogP contribution >= 0.6 is 0 Å². The highest BCUT2D eigenvalue weighted by molar-refractivity contribution is 5.80. The number of methoxy groups -OCH3 is 1. The first kappa shape index (κ1) is 17.3. The molecule has 0 saturated heterocycles. The van der Waals surface area contributed by atoms with Gasteiger partial charge in [-0.15, -0.1) is 0 Å². The average molecular weight is 329 g/mol. The number of hydrogen-bond donors (Lipinski definition) is 2. The maximum Gasteiger partial charge on any atom is 0.191 e. The van der Waals surface area contributed by atoms with Gasteiger partial charge in [-0.1, -0.05) is 30.7 Å². The minimum Gasteiger partial charge on any atom is -0.385 e. The predicted molar refractivity (Wildman–Crippen MR) is 99.6 cm³/mol. The first-order valence-electron chi connectivity index (χ1n) is 9.19. The van der Waals surface area contributed by atoms with Crippen molar-refractivity contribution >= 4 is 5.96 Å². The molecule has 2 N–H and O–H groups in total. The van der Waals surface area contributed by atoms with Gasteiger partial charge in [-0.3, -0.25) is 4.99 Å². The molecule has 0 bridgehead atoms. The fourth-order valence-corrected chi connectivity index (χ4v) is 3.85. The number of hydrogen-bond acceptors (Lipinski definition) is 2. The number of nitrogens with one attached hydrogen (secondary N) is 2. The van der Waals surface area contributed by atoms with Gasteiger partial charge in [0.15, 0.2) is 5.96 Å². The largest absolute Gasteiger partial charge is 0.385 e. The highest BCUT2D eigenvalue weighted by Gasteiger charge is 2.40. The summed E-state index contributed by atoms with van der Waals surface area (Å²) in [6.07, 6.45) is 6.28. The van der Waals surface area contributed by atoms with E-state index >= 15 is 0 Å². The first-order chi connectivity index (χ1) is 11.7. The molecule has 24 heavy (non-hydrogen) atoms. The van der Waals surface area contributed by atoms with Crippen molar-refractivity contribution in [3.8, 4) is 0 Å². The van der Waals surface area contributed by atoms with E-state index in [0.29, 0.717) is 17.4 Å². The maximum atomic E-state index is 5.28. The van der Waals surface area contributed by atoms with E-state index in [-0.39, 0.29) is 0 Å². The monoisotopic (exact) mass is 329 g/mol. The summed E-state index contributed by atoms with van der Waals surface area (Å²) < 4.78 is 5.28. The van der Waals surface area contributed by atoms with Crippen molar-refractivity contribution in [2.75, 3.05) is 27.3 Å². The van der Waals surface area contributed by atoms with E-state index in [0.717, 1.165) is 25.5 Å². The standard InChI is InChI=1S/C20H31N3O/c1-15-7-4-5-8-16(15)17-13-18(17)23-19(21-2)22-14-20(9-6-10-20)11-12-24-3/h4-5,7-8,17-18H,6,9-14H2,1-3H3,(H2,21,22,23). The van der Waals surface area contributed by atoms with Gasteiger partial charge in [-0.25, -0.2) is 0 Å². The van der Waals surface area contributed by atoms with Gasteiger partial charge in [0.2, 0.25) is 0 Å². The normalized spacial score (nSPS) is 25.0. The summed E-state index contributed by atoms with van der Waals surface area (Å²) in [6.45, 7) is 4.05. The van der Waals surface area contributed by atoms with E-state index in [9.17, 15) is 0 Å². The van der Waals surface area contributed by atoms with Crippen molar-refractivity contribution in [1.82, 2.24) is 10.6 Å². The number of guanidine groups is 1. The zero-order valence-electron chi connectivity index (χ0n) is 15.3. The fourth-order valence-electron chi connectivity index (χ4n) is 3.85. The third kappa shape index (κ3) is 3.92. The Kier molecular flexibility index (Phi) is 5.44. The SMILES string of the molecule is CN=C(NCC1(CCOC)CCC1)NC1CC1c1ccccc1C. The van der Waals surface area contributed by atoms with Crippen LogP contribution in [0.4, 0.5) is 0 Å². The Labute approximate surface area is 146 Å². The van der Waals surface area contributed by atoms with E-state index in [1.54, 1.807) is 7.11 Å². The van der Waals surface area contributed by atoms with Crippen LogP contribution in [0.5, 0.6) is 0 Å². The minimum absolute atomic E-state index is 0.409. The maximum absolute atomic E-state index is 5.28. The summed E-state index contributed by atoms with van der Waals surface area (Å²) in [5.41, 5.74) is 3.27. The molecule has 2 fully saturated rings. The Hall–Kier alpha value is -1.55. The average Bonchev–Trinajstić information content (AvgIpc) is 3.31. The molecule has 2 aliphatic rings. The summed E-state index contributed by atoms with van der Waals surface area (Å²) in [6, 6.07) is 9.22. The molecule has 0 amide bonds. The van der Waals surface area contributed by atoms with E-state index in [4.69, 9.17) is 4.74 Å². The van der Waals surface area contributed by atoms with Gasteiger partial charge < -0.3 is 15.4 Å². The number of benzene rings is 1. The molecule has 2 saturated carbocycles. The van der Waals surface area contributed by atoms with E-state index in [2.05, 4.69) is 46.8 Å². The fraction of sp³-hybridized carbons (Fsp3) is 0.650. The Morgan fingerprint density at radius 2 is 2.12 bits per heavy atom. The van der Waals surface area contributed by atoms with Crippen LogP contribution in [0.3, 0.4) is 0 Å². The molecular formula is C20H31N3O. The van der Waals surface area contributed by atoms with Crippen molar-refractivity contribution in [3.63, 3.8) is 0 Å². The Bertz CT molecular complexity index is 580. The Morgan fingerprint density at radius 1 is 1.33 bits per heavy atom. The molecule has 132 valence electrons. The quantitative estimate of drug-likeness (QED) is 0.596. The first-order valence-corrected chi connectivity index (χ1v) is 9.19. The lowest BCUT2D eigenvalue weighted by atomic mass is 9.67. The van der Waals surface area contributed by atoms with Crippen LogP contribution in [-0.4, -0.2) is 39.3 Å². The number of ether oxygens (including phenoxy) is 1. The van der Waals surface area contributed by atoms with Crippen LogP contribution in [0.25, 0.3) is 0 Å². The predicted octanol–water partition coefficient (Wildman–Crippen LogP) is 3.22. The number of aliphatic imine (C=N–C) groups is 1. The lowest BCUT2D eigenvalue weighted by molar-refractivity contribution is 0.0732. The smallest absolute Gasteiger partial charge is 0.191 e. The van der Waals surface area contributed by atoms with Crippen molar-refractivity contribution in [3.05, 3.63) is 35.4 Å². The van der Waals surface area contributed by atoms with Crippen LogP contribution in [0.1, 0.15) is 49.1 Å². The lowest BCUT2D eigenvalue weighted by Crippen LogP contribution is -2.47. The minimum atomic E-state index is 0.409. The Morgan fingerprint density at radius 3 is 2.75 bits per heavy atom. The molecule has 1 aromatic carbocycles. The zero-order chi connectivity index (χ0) is 17.0. The third-order valence-corrected chi connectivity index (χ3v) is 5.81. The van der Waals surface area contributed by atoms with Crippen molar-refractivity contribution in [2.24, 2.45) is 10.4 Å². The number of aryl methyl sites for hydroxylation is 1. The van der Waals surface area contributed by atoms with Gasteiger partial charge in [-0.05, 0) is 49.1 Å². The second kappa shape index (κ2) is 7.56. The number of nitrogens with zero attached hydrogens (tertiary/aromatic N) is 1. The van der Waals surface area contributed by atoms with Crippen LogP contribution in [-0.2, 0) is 4.74 Å². The second-order valence-electron chi connectivity index (χ2n) is 7.47. The summed E-state index contributed by atoms with van der Waals surface area (Å²) in [7, 11) is 3.65. The van der Waals surface area contributed by atoms with Gasteiger partial charge in [0.1, 0.15) is 0 Å². The van der Waals surface area contributed by atoms with Crippen LogP contribution in [0.2, 0.25) is 0 Å². The molecular weight excluding hydrogens is 298 g/mol. The van der Waals surface area contributed by atoms with E-state index in [1.807, 2.05) is 7.05 Å². The molecule has 0 aromatic heterocycles. The molecule has 4 heteroatoms. The van der Waals surface area contributed by atoms with Crippen molar-refractivity contribution in [2.45, 2.75) is 51.0 Å². The molecule has 0 aliphatic heterocycles.